The fraction of sp³-hybridized carbons (Fsp3) is 0.294. The number of rotatable bonds is 3. The number of amides is 1. The SMILES string of the molecule is CN(C)c1ccc(C(=O)Nc2ccc3c(c2)OC(C)(C)O3)cn1. The van der Waals surface area contributed by atoms with Gasteiger partial charge in [-0.25, -0.2) is 4.98 Å². The highest BCUT2D eigenvalue weighted by molar-refractivity contribution is 6.04. The summed E-state index contributed by atoms with van der Waals surface area (Å²) in [5, 5.41) is 2.84. The van der Waals surface area contributed by atoms with Gasteiger partial charge in [0, 0.05) is 45.9 Å². The molecule has 0 saturated heterocycles. The monoisotopic (exact) mass is 313 g/mol. The van der Waals surface area contributed by atoms with Crippen molar-refractivity contribution in [3.8, 4) is 11.5 Å². The molecule has 23 heavy (non-hydrogen) atoms. The first kappa shape index (κ1) is 15.1. The Morgan fingerprint density at radius 1 is 1.13 bits per heavy atom. The van der Waals surface area contributed by atoms with Crippen LogP contribution in [0.5, 0.6) is 11.5 Å². The van der Waals surface area contributed by atoms with Crippen molar-refractivity contribution < 1.29 is 14.3 Å². The summed E-state index contributed by atoms with van der Waals surface area (Å²) in [5.74, 6) is 1.18. The second-order valence-corrected chi connectivity index (χ2v) is 6.02. The summed E-state index contributed by atoms with van der Waals surface area (Å²) in [4.78, 5) is 18.4. The van der Waals surface area contributed by atoms with Gasteiger partial charge in [-0.1, -0.05) is 0 Å². The molecular formula is C17H19N3O3. The van der Waals surface area contributed by atoms with Crippen LogP contribution in [0.25, 0.3) is 0 Å². The van der Waals surface area contributed by atoms with Crippen molar-refractivity contribution in [3.63, 3.8) is 0 Å². The van der Waals surface area contributed by atoms with Crippen molar-refractivity contribution >= 4 is 17.4 Å². The van der Waals surface area contributed by atoms with Gasteiger partial charge < -0.3 is 19.7 Å². The molecule has 0 saturated carbocycles. The minimum absolute atomic E-state index is 0.221. The molecule has 2 aromatic rings. The molecule has 0 bridgehead atoms. The number of carbonyl (C=O) groups excluding carboxylic acids is 1. The zero-order valence-corrected chi connectivity index (χ0v) is 13.6. The second kappa shape index (κ2) is 5.46. The van der Waals surface area contributed by atoms with E-state index in [-0.39, 0.29) is 5.91 Å². The van der Waals surface area contributed by atoms with E-state index in [1.54, 1.807) is 36.5 Å². The van der Waals surface area contributed by atoms with Gasteiger partial charge in [-0.2, -0.15) is 0 Å². The Bertz CT molecular complexity index is 739. The molecule has 1 aromatic carbocycles. The van der Waals surface area contributed by atoms with Crippen molar-refractivity contribution in [2.75, 3.05) is 24.3 Å². The molecule has 0 unspecified atom stereocenters. The average molecular weight is 313 g/mol. The van der Waals surface area contributed by atoms with Crippen LogP contribution in [-0.2, 0) is 0 Å². The molecule has 1 aliphatic rings. The van der Waals surface area contributed by atoms with Crippen LogP contribution in [0.1, 0.15) is 24.2 Å². The van der Waals surface area contributed by atoms with Crippen LogP contribution in [-0.4, -0.2) is 30.8 Å². The van der Waals surface area contributed by atoms with E-state index in [0.717, 1.165) is 5.82 Å². The molecular weight excluding hydrogens is 294 g/mol. The molecule has 1 amide bonds. The first-order valence-corrected chi connectivity index (χ1v) is 7.31. The number of pyridine rings is 1. The molecule has 1 aliphatic heterocycles. The molecule has 0 atom stereocenters. The summed E-state index contributed by atoms with van der Waals surface area (Å²) < 4.78 is 11.3. The highest BCUT2D eigenvalue weighted by atomic mass is 16.7. The fourth-order valence-electron chi connectivity index (χ4n) is 2.29. The highest BCUT2D eigenvalue weighted by Gasteiger charge is 2.31. The molecule has 0 spiro atoms. The van der Waals surface area contributed by atoms with E-state index >= 15 is 0 Å². The maximum Gasteiger partial charge on any atom is 0.257 e. The summed E-state index contributed by atoms with van der Waals surface area (Å²) in [6, 6.07) is 8.87. The zero-order valence-electron chi connectivity index (χ0n) is 13.6. The lowest BCUT2D eigenvalue weighted by atomic mass is 10.2. The number of anilines is 2. The fourth-order valence-corrected chi connectivity index (χ4v) is 2.29. The maximum absolute atomic E-state index is 12.3. The Morgan fingerprint density at radius 3 is 2.52 bits per heavy atom. The van der Waals surface area contributed by atoms with Crippen LogP contribution in [0.3, 0.4) is 0 Å². The van der Waals surface area contributed by atoms with Gasteiger partial charge in [0.1, 0.15) is 5.82 Å². The van der Waals surface area contributed by atoms with Crippen molar-refractivity contribution in [1.82, 2.24) is 4.98 Å². The number of hydrogen-bond acceptors (Lipinski definition) is 5. The molecule has 1 aromatic heterocycles. The molecule has 120 valence electrons. The number of hydrogen-bond donors (Lipinski definition) is 1. The molecule has 0 fully saturated rings. The second-order valence-electron chi connectivity index (χ2n) is 6.02. The van der Waals surface area contributed by atoms with E-state index in [1.807, 2.05) is 32.8 Å². The van der Waals surface area contributed by atoms with Crippen LogP contribution in [0.2, 0.25) is 0 Å². The third-order valence-electron chi connectivity index (χ3n) is 3.38. The summed E-state index contributed by atoms with van der Waals surface area (Å²) in [6.07, 6.45) is 1.56. The smallest absolute Gasteiger partial charge is 0.257 e. The Labute approximate surface area is 135 Å². The quantitative estimate of drug-likeness (QED) is 0.944. The number of nitrogens with zero attached hydrogens (tertiary/aromatic N) is 2. The number of carbonyl (C=O) groups is 1. The number of aromatic nitrogens is 1. The highest BCUT2D eigenvalue weighted by Crippen LogP contribution is 2.40. The van der Waals surface area contributed by atoms with E-state index in [0.29, 0.717) is 22.7 Å². The first-order valence-electron chi connectivity index (χ1n) is 7.31. The first-order chi connectivity index (χ1) is 10.8. The van der Waals surface area contributed by atoms with Gasteiger partial charge in [0.25, 0.3) is 5.91 Å². The van der Waals surface area contributed by atoms with Crippen molar-refractivity contribution in [2.24, 2.45) is 0 Å². The van der Waals surface area contributed by atoms with Crippen LogP contribution in [0, 0.1) is 0 Å². The minimum atomic E-state index is -0.684. The molecule has 3 rings (SSSR count). The topological polar surface area (TPSA) is 63.7 Å². The van der Waals surface area contributed by atoms with E-state index in [9.17, 15) is 4.79 Å². The van der Waals surface area contributed by atoms with Crippen LogP contribution in [0.15, 0.2) is 36.5 Å². The molecule has 6 heteroatoms. The summed E-state index contributed by atoms with van der Waals surface area (Å²) in [5.41, 5.74) is 1.14. The largest absolute Gasteiger partial charge is 0.449 e. The van der Waals surface area contributed by atoms with E-state index in [4.69, 9.17) is 9.47 Å². The molecule has 6 nitrogen and oxygen atoms in total. The van der Waals surface area contributed by atoms with Crippen LogP contribution < -0.4 is 19.7 Å². The summed E-state index contributed by atoms with van der Waals surface area (Å²) in [7, 11) is 3.80. The van der Waals surface area contributed by atoms with E-state index in [1.165, 1.54) is 0 Å². The lowest BCUT2D eigenvalue weighted by Crippen LogP contribution is -2.29. The lowest BCUT2D eigenvalue weighted by molar-refractivity contribution is -0.0431. The Morgan fingerprint density at radius 2 is 1.87 bits per heavy atom. The predicted octanol–water partition coefficient (Wildman–Crippen LogP) is 2.91. The summed E-state index contributed by atoms with van der Waals surface area (Å²) >= 11 is 0. The van der Waals surface area contributed by atoms with Gasteiger partial charge in [0.05, 0.1) is 5.56 Å². The molecule has 0 aliphatic carbocycles. The maximum atomic E-state index is 12.3. The van der Waals surface area contributed by atoms with Crippen LogP contribution >= 0.6 is 0 Å². The zero-order chi connectivity index (χ0) is 16.6. The van der Waals surface area contributed by atoms with Gasteiger partial charge in [0.15, 0.2) is 11.5 Å². The van der Waals surface area contributed by atoms with Gasteiger partial charge in [-0.05, 0) is 24.3 Å². The Balaban J connectivity index is 1.74. The number of ether oxygens (including phenoxy) is 2. The van der Waals surface area contributed by atoms with Crippen molar-refractivity contribution in [1.29, 1.82) is 0 Å². The average Bonchev–Trinajstić information content (AvgIpc) is 2.80. The van der Waals surface area contributed by atoms with Gasteiger partial charge in [-0.3, -0.25) is 4.79 Å². The minimum Gasteiger partial charge on any atom is -0.449 e. The Hall–Kier alpha value is -2.76. The third-order valence-corrected chi connectivity index (χ3v) is 3.38. The van der Waals surface area contributed by atoms with Gasteiger partial charge >= 0.3 is 0 Å². The number of benzene rings is 1. The summed E-state index contributed by atoms with van der Waals surface area (Å²) in [6.45, 7) is 3.67. The lowest BCUT2D eigenvalue weighted by Gasteiger charge is -2.16. The molecule has 0 radical (unpaired) electrons. The van der Waals surface area contributed by atoms with Crippen LogP contribution in [0.4, 0.5) is 11.5 Å². The van der Waals surface area contributed by atoms with E-state index < -0.39 is 5.79 Å². The van der Waals surface area contributed by atoms with Gasteiger partial charge in [0.2, 0.25) is 5.79 Å². The number of nitrogens with one attached hydrogen (secondary N) is 1. The number of fused-ring (bicyclic) bond motifs is 1. The predicted molar refractivity (Wildman–Crippen MR) is 88.3 cm³/mol. The van der Waals surface area contributed by atoms with E-state index in [2.05, 4.69) is 10.3 Å². The van der Waals surface area contributed by atoms with Crippen molar-refractivity contribution in [2.45, 2.75) is 19.6 Å². The van der Waals surface area contributed by atoms with Crippen molar-refractivity contribution in [3.05, 3.63) is 42.1 Å². The molecule has 1 N–H and O–H groups in total. The molecule has 2 heterocycles. The normalized spacial score (nSPS) is 14.4. The standard InChI is InChI=1S/C17H19N3O3/c1-17(2)22-13-7-6-12(9-14(13)23-17)19-16(21)11-5-8-15(18-10-11)20(3)4/h5-10H,1-4H3,(H,19,21). The Kier molecular flexibility index (Phi) is 3.60. The third kappa shape index (κ3) is 3.21. The van der Waals surface area contributed by atoms with Gasteiger partial charge in [-0.15, -0.1) is 0 Å².